The van der Waals surface area contributed by atoms with Crippen molar-refractivity contribution >= 4 is 35.0 Å². The van der Waals surface area contributed by atoms with Crippen LogP contribution in [-0.2, 0) is 4.79 Å². The lowest BCUT2D eigenvalue weighted by atomic mass is 10.1. The first kappa shape index (κ1) is 14.5. The molecule has 104 valence electrons. The van der Waals surface area contributed by atoms with E-state index in [2.05, 4.69) is 25.7 Å². The maximum atomic E-state index is 11.6. The van der Waals surface area contributed by atoms with E-state index < -0.39 is 0 Å². The molecule has 0 saturated heterocycles. The number of nitrogens with zero attached hydrogens (tertiary/aromatic N) is 3. The van der Waals surface area contributed by atoms with Crippen LogP contribution in [0.3, 0.4) is 0 Å². The van der Waals surface area contributed by atoms with Gasteiger partial charge < -0.3 is 0 Å². The Morgan fingerprint density at radius 1 is 1.45 bits per heavy atom. The number of carbonyl (C=O) groups is 1. The molecule has 0 bridgehead atoms. The van der Waals surface area contributed by atoms with Gasteiger partial charge in [0, 0.05) is 5.02 Å². The third-order valence-corrected chi connectivity index (χ3v) is 3.47. The van der Waals surface area contributed by atoms with Crippen LogP contribution in [0.5, 0.6) is 0 Å². The van der Waals surface area contributed by atoms with Gasteiger partial charge in [-0.15, -0.1) is 0 Å². The van der Waals surface area contributed by atoms with Gasteiger partial charge in [-0.25, -0.2) is 10.4 Å². The van der Waals surface area contributed by atoms with Crippen molar-refractivity contribution < 1.29 is 4.79 Å². The minimum absolute atomic E-state index is 0.209. The van der Waals surface area contributed by atoms with Gasteiger partial charge in [0.15, 0.2) is 5.16 Å². The molecule has 20 heavy (non-hydrogen) atoms. The van der Waals surface area contributed by atoms with Crippen LogP contribution in [-0.4, -0.2) is 32.6 Å². The highest BCUT2D eigenvalue weighted by Crippen LogP contribution is 2.11. The highest BCUT2D eigenvalue weighted by atomic mass is 35.5. The van der Waals surface area contributed by atoms with Crippen LogP contribution in [0.1, 0.15) is 12.5 Å². The molecule has 2 aromatic rings. The molecule has 1 aromatic carbocycles. The normalized spacial score (nSPS) is 11.4. The van der Waals surface area contributed by atoms with Crippen LogP contribution >= 0.6 is 23.4 Å². The molecule has 0 aliphatic heterocycles. The molecule has 2 rings (SSSR count). The number of hydrazone groups is 1. The first-order valence-electron chi connectivity index (χ1n) is 5.72. The highest BCUT2D eigenvalue weighted by molar-refractivity contribution is 7.99. The lowest BCUT2D eigenvalue weighted by Gasteiger charge is -2.02. The van der Waals surface area contributed by atoms with Gasteiger partial charge in [-0.2, -0.15) is 10.2 Å². The number of benzene rings is 1. The Hall–Kier alpha value is -1.86. The van der Waals surface area contributed by atoms with E-state index in [4.69, 9.17) is 11.6 Å². The lowest BCUT2D eigenvalue weighted by Crippen LogP contribution is -2.21. The minimum Gasteiger partial charge on any atom is -0.272 e. The minimum atomic E-state index is -0.209. The van der Waals surface area contributed by atoms with Crippen LogP contribution < -0.4 is 5.43 Å². The van der Waals surface area contributed by atoms with Crippen molar-refractivity contribution in [3.63, 3.8) is 0 Å². The summed E-state index contributed by atoms with van der Waals surface area (Å²) >= 11 is 7.06. The average molecular weight is 310 g/mol. The fraction of sp³-hybridized carbons (Fsp3) is 0.167. The van der Waals surface area contributed by atoms with E-state index in [1.165, 1.54) is 18.1 Å². The van der Waals surface area contributed by atoms with E-state index in [9.17, 15) is 4.79 Å². The standard InChI is InChI=1S/C12H12ClN5OS/c1-8(9-2-4-10(13)5-3-9)16-17-11(19)6-20-12-14-7-15-18-12/h2-5,7H,6H2,1H3,(H,17,19)(H,14,15,18)/b16-8+. The zero-order chi connectivity index (χ0) is 14.4. The summed E-state index contributed by atoms with van der Waals surface area (Å²) in [6.07, 6.45) is 1.39. The van der Waals surface area contributed by atoms with Gasteiger partial charge in [-0.05, 0) is 24.6 Å². The molecule has 1 aromatic heterocycles. The molecular formula is C12H12ClN5OS. The third kappa shape index (κ3) is 4.36. The molecule has 0 atom stereocenters. The number of nitrogens with one attached hydrogen (secondary N) is 2. The number of carbonyl (C=O) groups excluding carboxylic acids is 1. The summed E-state index contributed by atoms with van der Waals surface area (Å²) in [5.74, 6) is 0.00627. The molecule has 1 amide bonds. The zero-order valence-electron chi connectivity index (χ0n) is 10.6. The number of aromatic nitrogens is 3. The molecule has 0 saturated carbocycles. The SMILES string of the molecule is C/C(=N\NC(=O)CSc1ncn[nH]1)c1ccc(Cl)cc1. The van der Waals surface area contributed by atoms with Gasteiger partial charge in [0.25, 0.3) is 5.91 Å². The van der Waals surface area contributed by atoms with Crippen molar-refractivity contribution in [1.82, 2.24) is 20.6 Å². The van der Waals surface area contributed by atoms with E-state index in [1.54, 1.807) is 12.1 Å². The van der Waals surface area contributed by atoms with Gasteiger partial charge in [-0.1, -0.05) is 35.5 Å². The molecule has 0 radical (unpaired) electrons. The number of thioether (sulfide) groups is 1. The number of H-pyrrole nitrogens is 1. The Morgan fingerprint density at radius 3 is 2.85 bits per heavy atom. The molecule has 1 heterocycles. The van der Waals surface area contributed by atoms with Gasteiger partial charge >= 0.3 is 0 Å². The second-order valence-electron chi connectivity index (χ2n) is 3.82. The molecule has 8 heteroatoms. The van der Waals surface area contributed by atoms with Crippen molar-refractivity contribution in [2.24, 2.45) is 5.10 Å². The van der Waals surface area contributed by atoms with E-state index in [1.807, 2.05) is 19.1 Å². The molecule has 0 aliphatic carbocycles. The van der Waals surface area contributed by atoms with Crippen molar-refractivity contribution in [2.45, 2.75) is 12.1 Å². The Labute approximate surface area is 125 Å². The fourth-order valence-corrected chi connectivity index (χ4v) is 2.03. The molecule has 6 nitrogen and oxygen atoms in total. The van der Waals surface area contributed by atoms with Gasteiger partial charge in [0.1, 0.15) is 6.33 Å². The average Bonchev–Trinajstić information content (AvgIpc) is 2.96. The third-order valence-electron chi connectivity index (χ3n) is 2.34. The Bertz CT molecular complexity index is 597. The lowest BCUT2D eigenvalue weighted by molar-refractivity contribution is -0.118. The van der Waals surface area contributed by atoms with Crippen LogP contribution in [0.2, 0.25) is 5.02 Å². The van der Waals surface area contributed by atoms with Crippen LogP contribution in [0, 0.1) is 0 Å². The Morgan fingerprint density at radius 2 is 2.20 bits per heavy atom. The van der Waals surface area contributed by atoms with Crippen molar-refractivity contribution in [1.29, 1.82) is 0 Å². The van der Waals surface area contributed by atoms with Crippen LogP contribution in [0.4, 0.5) is 0 Å². The van der Waals surface area contributed by atoms with E-state index >= 15 is 0 Å². The summed E-state index contributed by atoms with van der Waals surface area (Å²) in [6, 6.07) is 7.24. The van der Waals surface area contributed by atoms with Crippen LogP contribution in [0.15, 0.2) is 40.9 Å². The summed E-state index contributed by atoms with van der Waals surface area (Å²) in [4.78, 5) is 15.5. The first-order valence-corrected chi connectivity index (χ1v) is 7.09. The molecule has 0 spiro atoms. The zero-order valence-corrected chi connectivity index (χ0v) is 12.2. The number of amides is 1. The molecular weight excluding hydrogens is 298 g/mol. The monoisotopic (exact) mass is 309 g/mol. The predicted molar refractivity (Wildman–Crippen MR) is 78.9 cm³/mol. The van der Waals surface area contributed by atoms with Gasteiger partial charge in [0.05, 0.1) is 11.5 Å². The summed E-state index contributed by atoms with van der Waals surface area (Å²) in [5.41, 5.74) is 4.10. The topological polar surface area (TPSA) is 83.0 Å². The smallest absolute Gasteiger partial charge is 0.250 e. The number of hydrogen-bond donors (Lipinski definition) is 2. The Kier molecular flexibility index (Phi) is 5.14. The Balaban J connectivity index is 1.85. The second-order valence-corrected chi connectivity index (χ2v) is 5.22. The first-order chi connectivity index (χ1) is 9.65. The van der Waals surface area contributed by atoms with Crippen LogP contribution in [0.25, 0.3) is 0 Å². The fourth-order valence-electron chi connectivity index (χ4n) is 1.33. The van der Waals surface area contributed by atoms with E-state index in [0.717, 1.165) is 5.56 Å². The van der Waals surface area contributed by atoms with Gasteiger partial charge in [-0.3, -0.25) is 9.89 Å². The van der Waals surface area contributed by atoms with Gasteiger partial charge in [0.2, 0.25) is 0 Å². The summed E-state index contributed by atoms with van der Waals surface area (Å²) < 4.78 is 0. The molecule has 0 aliphatic rings. The predicted octanol–water partition coefficient (Wildman–Crippen LogP) is 2.09. The maximum Gasteiger partial charge on any atom is 0.250 e. The number of halogens is 1. The number of aromatic amines is 1. The second kappa shape index (κ2) is 7.06. The largest absolute Gasteiger partial charge is 0.272 e. The van der Waals surface area contributed by atoms with E-state index in [0.29, 0.717) is 15.9 Å². The van der Waals surface area contributed by atoms with Crippen molar-refractivity contribution in [2.75, 3.05) is 5.75 Å². The molecule has 0 unspecified atom stereocenters. The summed E-state index contributed by atoms with van der Waals surface area (Å²) in [6.45, 7) is 1.81. The highest BCUT2D eigenvalue weighted by Gasteiger charge is 2.04. The summed E-state index contributed by atoms with van der Waals surface area (Å²) in [7, 11) is 0. The van der Waals surface area contributed by atoms with Crippen molar-refractivity contribution in [3.05, 3.63) is 41.2 Å². The van der Waals surface area contributed by atoms with E-state index in [-0.39, 0.29) is 11.7 Å². The molecule has 0 fully saturated rings. The molecule has 2 N–H and O–H groups in total. The maximum absolute atomic E-state index is 11.6. The van der Waals surface area contributed by atoms with Crippen molar-refractivity contribution in [3.8, 4) is 0 Å². The quantitative estimate of drug-likeness (QED) is 0.503. The number of rotatable bonds is 5. The number of hydrogen-bond acceptors (Lipinski definition) is 5. The summed E-state index contributed by atoms with van der Waals surface area (Å²) in [5, 5.41) is 11.7.